The third-order valence-corrected chi connectivity index (χ3v) is 2.86. The Kier molecular flexibility index (Phi) is 1.86. The summed E-state index contributed by atoms with van der Waals surface area (Å²) in [6.07, 6.45) is 1.77. The van der Waals surface area contributed by atoms with E-state index in [2.05, 4.69) is 23.2 Å². The van der Waals surface area contributed by atoms with E-state index in [4.69, 9.17) is 11.6 Å². The molecule has 0 atom stereocenters. The number of hydrogen-bond donors (Lipinski definition) is 0. The van der Waals surface area contributed by atoms with Crippen LogP contribution in [0.4, 0.5) is 0 Å². The number of hydrogen-bond acceptors (Lipinski definition) is 1. The van der Waals surface area contributed by atoms with Gasteiger partial charge < -0.3 is 0 Å². The van der Waals surface area contributed by atoms with E-state index in [1.165, 1.54) is 5.39 Å². The van der Waals surface area contributed by atoms with Gasteiger partial charge in [-0.2, -0.15) is 0 Å². The van der Waals surface area contributed by atoms with Crippen LogP contribution >= 0.6 is 11.6 Å². The molecule has 0 unspecified atom stereocenters. The highest BCUT2D eigenvalue weighted by Gasteiger charge is 2.04. The highest BCUT2D eigenvalue weighted by Crippen LogP contribution is 2.29. The lowest BCUT2D eigenvalue weighted by Gasteiger charge is -2.04. The maximum Gasteiger partial charge on any atom is 0.0894 e. The zero-order chi connectivity index (χ0) is 10.3. The second kappa shape index (κ2) is 3.21. The van der Waals surface area contributed by atoms with Gasteiger partial charge in [0.15, 0.2) is 0 Å². The molecule has 15 heavy (non-hydrogen) atoms. The number of fused-ring (bicyclic) bond motifs is 3. The molecule has 0 spiro atoms. The van der Waals surface area contributed by atoms with Crippen molar-refractivity contribution >= 4 is 33.3 Å². The molecule has 0 radical (unpaired) electrons. The number of halogens is 1. The van der Waals surface area contributed by atoms with Crippen LogP contribution in [0.1, 0.15) is 0 Å². The number of benzene rings is 2. The Morgan fingerprint density at radius 3 is 2.67 bits per heavy atom. The maximum atomic E-state index is 6.17. The zero-order valence-electron chi connectivity index (χ0n) is 7.94. The van der Waals surface area contributed by atoms with Crippen molar-refractivity contribution in [3.8, 4) is 0 Å². The molecule has 2 heteroatoms. The average molecular weight is 214 g/mol. The van der Waals surface area contributed by atoms with Gasteiger partial charge in [0.1, 0.15) is 0 Å². The number of nitrogens with zero attached hydrogens (tertiary/aromatic N) is 1. The lowest BCUT2D eigenvalue weighted by atomic mass is 10.1. The van der Waals surface area contributed by atoms with Crippen molar-refractivity contribution in [2.45, 2.75) is 0 Å². The van der Waals surface area contributed by atoms with Gasteiger partial charge in [0.2, 0.25) is 0 Å². The fourth-order valence-corrected chi connectivity index (χ4v) is 2.15. The van der Waals surface area contributed by atoms with Gasteiger partial charge in [-0.1, -0.05) is 41.9 Å². The van der Waals surface area contributed by atoms with Gasteiger partial charge in [-0.15, -0.1) is 0 Å². The van der Waals surface area contributed by atoms with Gasteiger partial charge in [-0.05, 0) is 22.9 Å². The van der Waals surface area contributed by atoms with E-state index in [-0.39, 0.29) is 0 Å². The minimum atomic E-state index is 0.712. The quantitative estimate of drug-likeness (QED) is 0.514. The summed E-state index contributed by atoms with van der Waals surface area (Å²) in [4.78, 5) is 4.30. The lowest BCUT2D eigenvalue weighted by Crippen LogP contribution is -1.81. The Morgan fingerprint density at radius 1 is 0.933 bits per heavy atom. The molecule has 0 amide bonds. The van der Waals surface area contributed by atoms with Crippen LogP contribution in [0.15, 0.2) is 48.7 Å². The van der Waals surface area contributed by atoms with E-state index < -0.39 is 0 Å². The minimum absolute atomic E-state index is 0.712. The molecule has 3 aromatic rings. The van der Waals surface area contributed by atoms with E-state index in [9.17, 15) is 0 Å². The summed E-state index contributed by atoms with van der Waals surface area (Å²) in [5.74, 6) is 0. The zero-order valence-corrected chi connectivity index (χ0v) is 8.70. The molecule has 0 N–H and O–H groups in total. The predicted molar refractivity (Wildman–Crippen MR) is 64.3 cm³/mol. The van der Waals surface area contributed by atoms with Crippen LogP contribution in [0.5, 0.6) is 0 Å². The summed E-state index contributed by atoms with van der Waals surface area (Å²) < 4.78 is 0. The standard InChI is InChI=1S/C13H8ClN/c14-12-8-9-4-1-2-5-10(9)11-6-3-7-15-13(11)12/h1-8H. The van der Waals surface area contributed by atoms with Gasteiger partial charge in [0.05, 0.1) is 10.5 Å². The summed E-state index contributed by atoms with van der Waals surface area (Å²) in [6, 6.07) is 14.2. The molecule has 1 nitrogen and oxygen atoms in total. The maximum absolute atomic E-state index is 6.17. The normalized spacial score (nSPS) is 11.0. The van der Waals surface area contributed by atoms with Gasteiger partial charge in [-0.25, -0.2) is 0 Å². The first kappa shape index (κ1) is 8.69. The molecule has 1 aromatic heterocycles. The van der Waals surface area contributed by atoms with Crippen molar-refractivity contribution in [2.75, 3.05) is 0 Å². The first-order valence-corrected chi connectivity index (χ1v) is 5.16. The molecule has 1 heterocycles. The Hall–Kier alpha value is -1.60. The second-order valence-electron chi connectivity index (χ2n) is 3.48. The number of aromatic nitrogens is 1. The van der Waals surface area contributed by atoms with Crippen molar-refractivity contribution in [3.05, 3.63) is 53.7 Å². The van der Waals surface area contributed by atoms with Crippen molar-refractivity contribution in [1.82, 2.24) is 4.98 Å². The molecule has 0 saturated heterocycles. The van der Waals surface area contributed by atoms with Crippen LogP contribution in [0.25, 0.3) is 21.7 Å². The summed E-state index contributed by atoms with van der Waals surface area (Å²) in [5.41, 5.74) is 0.873. The largest absolute Gasteiger partial charge is 0.255 e. The second-order valence-corrected chi connectivity index (χ2v) is 3.89. The monoisotopic (exact) mass is 213 g/mol. The molecular formula is C13H8ClN. The van der Waals surface area contributed by atoms with Crippen LogP contribution in [0.2, 0.25) is 5.02 Å². The van der Waals surface area contributed by atoms with Crippen molar-refractivity contribution < 1.29 is 0 Å². The number of rotatable bonds is 0. The third-order valence-electron chi connectivity index (χ3n) is 2.57. The van der Waals surface area contributed by atoms with Gasteiger partial charge in [0.25, 0.3) is 0 Å². The highest BCUT2D eigenvalue weighted by atomic mass is 35.5. The molecule has 0 aliphatic rings. The Labute approximate surface area is 92.3 Å². The molecule has 0 aliphatic carbocycles. The minimum Gasteiger partial charge on any atom is -0.255 e. The Morgan fingerprint density at radius 2 is 1.73 bits per heavy atom. The number of pyridine rings is 1. The van der Waals surface area contributed by atoms with E-state index >= 15 is 0 Å². The molecule has 0 saturated carbocycles. The van der Waals surface area contributed by atoms with E-state index in [0.717, 1.165) is 16.3 Å². The lowest BCUT2D eigenvalue weighted by molar-refractivity contribution is 1.42. The molecule has 2 aromatic carbocycles. The molecule has 72 valence electrons. The summed E-state index contributed by atoms with van der Waals surface area (Å²) in [5, 5.41) is 4.18. The Bertz CT molecular complexity index is 646. The summed E-state index contributed by atoms with van der Waals surface area (Å²) in [6.45, 7) is 0. The average Bonchev–Trinajstić information content (AvgIpc) is 2.30. The highest BCUT2D eigenvalue weighted by molar-refractivity contribution is 6.37. The topological polar surface area (TPSA) is 12.9 Å². The smallest absolute Gasteiger partial charge is 0.0894 e. The fourth-order valence-electron chi connectivity index (χ4n) is 1.89. The van der Waals surface area contributed by atoms with Crippen LogP contribution in [-0.2, 0) is 0 Å². The predicted octanol–water partition coefficient (Wildman–Crippen LogP) is 4.04. The molecule has 0 aliphatic heterocycles. The van der Waals surface area contributed by atoms with Gasteiger partial charge in [0, 0.05) is 11.6 Å². The summed E-state index contributed by atoms with van der Waals surface area (Å²) >= 11 is 6.17. The van der Waals surface area contributed by atoms with Gasteiger partial charge in [-0.3, -0.25) is 4.98 Å². The van der Waals surface area contributed by atoms with E-state index in [1.54, 1.807) is 6.20 Å². The van der Waals surface area contributed by atoms with E-state index in [0.29, 0.717) is 5.02 Å². The molecular weight excluding hydrogens is 206 g/mol. The van der Waals surface area contributed by atoms with Crippen LogP contribution < -0.4 is 0 Å². The first-order valence-electron chi connectivity index (χ1n) is 4.78. The molecule has 0 bridgehead atoms. The van der Waals surface area contributed by atoms with Crippen LogP contribution in [0, 0.1) is 0 Å². The van der Waals surface area contributed by atoms with E-state index in [1.807, 2.05) is 24.3 Å². The third kappa shape index (κ3) is 1.28. The molecule has 0 fully saturated rings. The van der Waals surface area contributed by atoms with Crippen LogP contribution in [-0.4, -0.2) is 4.98 Å². The Balaban J connectivity index is 2.64. The SMILES string of the molecule is Clc1cc2ccccc2c2cccnc12. The summed E-state index contributed by atoms with van der Waals surface area (Å²) in [7, 11) is 0. The fraction of sp³-hybridized carbons (Fsp3) is 0. The van der Waals surface area contributed by atoms with Crippen molar-refractivity contribution in [3.63, 3.8) is 0 Å². The van der Waals surface area contributed by atoms with Gasteiger partial charge >= 0.3 is 0 Å². The van der Waals surface area contributed by atoms with Crippen molar-refractivity contribution in [2.24, 2.45) is 0 Å². The first-order chi connectivity index (χ1) is 7.36. The molecule has 3 rings (SSSR count). The van der Waals surface area contributed by atoms with Crippen molar-refractivity contribution in [1.29, 1.82) is 0 Å². The van der Waals surface area contributed by atoms with Crippen LogP contribution in [0.3, 0.4) is 0 Å².